The third kappa shape index (κ3) is 4.17. The zero-order valence-electron chi connectivity index (χ0n) is 13.1. The Labute approximate surface area is 139 Å². The fourth-order valence-electron chi connectivity index (χ4n) is 2.77. The van der Waals surface area contributed by atoms with Gasteiger partial charge in [-0.2, -0.15) is 4.98 Å². The van der Waals surface area contributed by atoms with E-state index in [0.29, 0.717) is 11.7 Å². The summed E-state index contributed by atoms with van der Waals surface area (Å²) in [5.41, 5.74) is 0. The highest BCUT2D eigenvalue weighted by molar-refractivity contribution is 7.88. The van der Waals surface area contributed by atoms with Gasteiger partial charge in [0, 0.05) is 19.1 Å². The normalized spacial score (nSPS) is 19.0. The molecule has 1 atom stereocenters. The first kappa shape index (κ1) is 16.6. The van der Waals surface area contributed by atoms with Crippen LogP contribution in [0.3, 0.4) is 0 Å². The highest BCUT2D eigenvalue weighted by Gasteiger charge is 2.28. The first-order valence-electron chi connectivity index (χ1n) is 7.51. The van der Waals surface area contributed by atoms with Gasteiger partial charge in [-0.3, -0.25) is 4.90 Å². The van der Waals surface area contributed by atoms with Crippen LogP contribution in [0.25, 0.3) is 10.7 Å². The molecule has 3 heterocycles. The number of aromatic nitrogens is 2. The summed E-state index contributed by atoms with van der Waals surface area (Å²) in [6, 6.07) is 3.96. The highest BCUT2D eigenvalue weighted by Crippen LogP contribution is 2.27. The number of rotatable bonds is 5. The molecule has 126 valence electrons. The molecule has 9 heteroatoms. The summed E-state index contributed by atoms with van der Waals surface area (Å²) in [5.74, 6) is 1.22. The molecule has 1 fully saturated rings. The molecule has 23 heavy (non-hydrogen) atoms. The van der Waals surface area contributed by atoms with Crippen LogP contribution in [0.2, 0.25) is 0 Å². The first-order valence-corrected chi connectivity index (χ1v) is 10.3. The Morgan fingerprint density at radius 2 is 2.17 bits per heavy atom. The van der Waals surface area contributed by atoms with Gasteiger partial charge in [-0.15, -0.1) is 11.3 Å². The smallest absolute Gasteiger partial charge is 0.244 e. The van der Waals surface area contributed by atoms with E-state index in [0.717, 1.165) is 30.8 Å². The first-order chi connectivity index (χ1) is 10.9. The zero-order valence-corrected chi connectivity index (χ0v) is 14.7. The van der Waals surface area contributed by atoms with E-state index in [1.165, 1.54) is 6.26 Å². The SMILES string of the molecule is CC(c1nc(-c2cccs2)no1)N1CCC(NS(C)(=O)=O)CC1. The Kier molecular flexibility index (Phi) is 4.81. The molecule has 0 radical (unpaired) electrons. The number of nitrogens with zero attached hydrogens (tertiary/aromatic N) is 3. The molecule has 1 aliphatic heterocycles. The lowest BCUT2D eigenvalue weighted by Crippen LogP contribution is -2.45. The van der Waals surface area contributed by atoms with Gasteiger partial charge in [-0.05, 0) is 31.2 Å². The van der Waals surface area contributed by atoms with Crippen LogP contribution < -0.4 is 4.72 Å². The monoisotopic (exact) mass is 356 g/mol. The summed E-state index contributed by atoms with van der Waals surface area (Å²) in [6.07, 6.45) is 2.76. The molecule has 1 N–H and O–H groups in total. The standard InChI is InChI=1S/C14H20N4O3S2/c1-10(14-15-13(16-21-14)12-4-3-9-22-12)18-7-5-11(6-8-18)17-23(2,19)20/h3-4,9-11,17H,5-8H2,1-2H3. The number of piperidine rings is 1. The van der Waals surface area contributed by atoms with Gasteiger partial charge in [-0.1, -0.05) is 11.2 Å². The predicted molar refractivity (Wildman–Crippen MR) is 88.6 cm³/mol. The van der Waals surface area contributed by atoms with E-state index in [1.54, 1.807) is 11.3 Å². The Morgan fingerprint density at radius 3 is 2.78 bits per heavy atom. The molecule has 0 amide bonds. The lowest BCUT2D eigenvalue weighted by Gasteiger charge is -2.34. The van der Waals surface area contributed by atoms with Crippen molar-refractivity contribution in [1.29, 1.82) is 0 Å². The maximum absolute atomic E-state index is 11.3. The van der Waals surface area contributed by atoms with Crippen LogP contribution in [-0.2, 0) is 10.0 Å². The average molecular weight is 356 g/mol. The van der Waals surface area contributed by atoms with E-state index in [-0.39, 0.29) is 12.1 Å². The van der Waals surface area contributed by atoms with Gasteiger partial charge in [0.2, 0.25) is 21.7 Å². The maximum Gasteiger partial charge on any atom is 0.244 e. The Morgan fingerprint density at radius 1 is 1.43 bits per heavy atom. The minimum absolute atomic E-state index is 0.0119. The van der Waals surface area contributed by atoms with Gasteiger partial charge in [0.15, 0.2) is 0 Å². The molecule has 1 saturated heterocycles. The van der Waals surface area contributed by atoms with Crippen molar-refractivity contribution >= 4 is 21.4 Å². The van der Waals surface area contributed by atoms with Gasteiger partial charge < -0.3 is 4.52 Å². The molecule has 0 spiro atoms. The van der Waals surface area contributed by atoms with Crippen molar-refractivity contribution in [2.75, 3.05) is 19.3 Å². The Hall–Kier alpha value is -1.29. The van der Waals surface area contributed by atoms with Gasteiger partial charge in [0.1, 0.15) is 0 Å². The largest absolute Gasteiger partial charge is 0.337 e. The van der Waals surface area contributed by atoms with Crippen LogP contribution in [0.1, 0.15) is 31.7 Å². The molecule has 0 saturated carbocycles. The van der Waals surface area contributed by atoms with E-state index in [9.17, 15) is 8.42 Å². The van der Waals surface area contributed by atoms with Crippen LogP contribution in [0.15, 0.2) is 22.0 Å². The van der Waals surface area contributed by atoms with Crippen molar-refractivity contribution in [1.82, 2.24) is 19.8 Å². The lowest BCUT2D eigenvalue weighted by molar-refractivity contribution is 0.134. The predicted octanol–water partition coefficient (Wildman–Crippen LogP) is 1.87. The highest BCUT2D eigenvalue weighted by atomic mass is 32.2. The van der Waals surface area contributed by atoms with E-state index in [2.05, 4.69) is 19.8 Å². The van der Waals surface area contributed by atoms with Crippen molar-refractivity contribution in [3.05, 3.63) is 23.4 Å². The molecule has 1 unspecified atom stereocenters. The Balaban J connectivity index is 1.60. The molecular formula is C14H20N4O3S2. The fourth-order valence-corrected chi connectivity index (χ4v) is 4.26. The van der Waals surface area contributed by atoms with E-state index in [4.69, 9.17) is 4.52 Å². The third-order valence-electron chi connectivity index (χ3n) is 4.00. The molecule has 0 bridgehead atoms. The van der Waals surface area contributed by atoms with Gasteiger partial charge in [-0.25, -0.2) is 13.1 Å². The minimum Gasteiger partial charge on any atom is -0.337 e. The van der Waals surface area contributed by atoms with Crippen molar-refractivity contribution in [2.45, 2.75) is 31.8 Å². The van der Waals surface area contributed by atoms with Crippen LogP contribution >= 0.6 is 11.3 Å². The van der Waals surface area contributed by atoms with Crippen molar-refractivity contribution in [2.24, 2.45) is 0 Å². The molecule has 3 rings (SSSR count). The molecule has 7 nitrogen and oxygen atoms in total. The number of hydrogen-bond acceptors (Lipinski definition) is 7. The zero-order chi connectivity index (χ0) is 16.4. The van der Waals surface area contributed by atoms with Crippen molar-refractivity contribution in [3.63, 3.8) is 0 Å². The van der Waals surface area contributed by atoms with Gasteiger partial charge in [0.25, 0.3) is 0 Å². The summed E-state index contributed by atoms with van der Waals surface area (Å²) < 4.78 is 30.7. The van der Waals surface area contributed by atoms with Crippen LogP contribution in [0.4, 0.5) is 0 Å². The van der Waals surface area contributed by atoms with Crippen LogP contribution in [0.5, 0.6) is 0 Å². The summed E-state index contributed by atoms with van der Waals surface area (Å²) >= 11 is 1.58. The van der Waals surface area contributed by atoms with Crippen molar-refractivity contribution < 1.29 is 12.9 Å². The summed E-state index contributed by atoms with van der Waals surface area (Å²) in [4.78, 5) is 7.72. The Bertz CT molecular complexity index is 734. The molecule has 2 aromatic heterocycles. The number of nitrogens with one attached hydrogen (secondary N) is 1. The molecule has 1 aliphatic rings. The molecule has 2 aromatic rings. The van der Waals surface area contributed by atoms with E-state index in [1.807, 2.05) is 24.4 Å². The summed E-state index contributed by atoms with van der Waals surface area (Å²) in [6.45, 7) is 3.63. The molecule has 0 aromatic carbocycles. The summed E-state index contributed by atoms with van der Waals surface area (Å²) in [5, 5.41) is 6.02. The third-order valence-corrected chi connectivity index (χ3v) is 5.63. The second kappa shape index (κ2) is 6.68. The number of sulfonamides is 1. The second-order valence-electron chi connectivity index (χ2n) is 5.81. The quantitative estimate of drug-likeness (QED) is 0.880. The number of thiophene rings is 1. The van der Waals surface area contributed by atoms with E-state index < -0.39 is 10.0 Å². The maximum atomic E-state index is 11.3. The second-order valence-corrected chi connectivity index (χ2v) is 8.54. The van der Waals surface area contributed by atoms with Crippen molar-refractivity contribution in [3.8, 4) is 10.7 Å². The molecular weight excluding hydrogens is 336 g/mol. The number of hydrogen-bond donors (Lipinski definition) is 1. The summed E-state index contributed by atoms with van der Waals surface area (Å²) in [7, 11) is -3.14. The average Bonchev–Trinajstić information content (AvgIpc) is 3.17. The minimum atomic E-state index is -3.14. The number of likely N-dealkylation sites (tertiary alicyclic amines) is 1. The van der Waals surface area contributed by atoms with Crippen LogP contribution in [0, 0.1) is 0 Å². The van der Waals surface area contributed by atoms with Crippen LogP contribution in [-0.4, -0.2) is 48.8 Å². The fraction of sp³-hybridized carbons (Fsp3) is 0.571. The lowest BCUT2D eigenvalue weighted by atomic mass is 10.0. The molecule has 0 aliphatic carbocycles. The van der Waals surface area contributed by atoms with Gasteiger partial charge >= 0.3 is 0 Å². The van der Waals surface area contributed by atoms with Gasteiger partial charge in [0.05, 0.1) is 17.2 Å². The van der Waals surface area contributed by atoms with E-state index >= 15 is 0 Å². The topological polar surface area (TPSA) is 88.3 Å².